The van der Waals surface area contributed by atoms with Gasteiger partial charge in [-0.15, -0.1) is 0 Å². The second-order valence-corrected chi connectivity index (χ2v) is 18.1. The largest absolute Gasteiger partial charge is 0.295 e. The van der Waals surface area contributed by atoms with E-state index in [1.54, 1.807) is 6.92 Å². The lowest BCUT2D eigenvalue weighted by molar-refractivity contribution is -0.113. The average Bonchev–Trinajstić information content (AvgIpc) is 2.11. The summed E-state index contributed by atoms with van der Waals surface area (Å²) in [7, 11) is -3.10. The predicted octanol–water partition coefficient (Wildman–Crippen LogP) is 5.06. The van der Waals surface area contributed by atoms with Crippen LogP contribution >= 0.6 is 0 Å². The van der Waals surface area contributed by atoms with Gasteiger partial charge in [0.15, 0.2) is 5.78 Å². The molecule has 0 aromatic heterocycles. The van der Waals surface area contributed by atoms with Gasteiger partial charge in [0.05, 0.1) is 16.1 Å². The molecule has 0 aliphatic carbocycles. The van der Waals surface area contributed by atoms with Crippen molar-refractivity contribution in [2.24, 2.45) is 5.92 Å². The van der Waals surface area contributed by atoms with E-state index in [1.165, 1.54) is 5.20 Å². The molecule has 0 spiro atoms. The summed E-state index contributed by atoms with van der Waals surface area (Å²) in [6.07, 6.45) is 0. The van der Waals surface area contributed by atoms with E-state index in [9.17, 15) is 4.79 Å². The highest BCUT2D eigenvalue weighted by Gasteiger charge is 2.45. The zero-order valence-corrected chi connectivity index (χ0v) is 16.1. The third-order valence-corrected chi connectivity index (χ3v) is 11.8. The van der Waals surface area contributed by atoms with Crippen LogP contribution < -0.4 is 0 Å². The second kappa shape index (κ2) is 5.45. The second-order valence-electron chi connectivity index (χ2n) is 7.98. The van der Waals surface area contributed by atoms with Gasteiger partial charge in [-0.2, -0.15) is 0 Å². The van der Waals surface area contributed by atoms with Crippen molar-refractivity contribution in [1.29, 1.82) is 0 Å². The Balaban J connectivity index is 5.80. The van der Waals surface area contributed by atoms with Gasteiger partial charge in [-0.05, 0) is 23.1 Å². The van der Waals surface area contributed by atoms with Crippen LogP contribution in [-0.4, -0.2) is 21.9 Å². The molecule has 0 aliphatic rings. The Morgan fingerprint density at radius 3 is 1.67 bits per heavy atom. The highest BCUT2D eigenvalue weighted by atomic mass is 28.3. The molecule has 0 rings (SSSR count). The van der Waals surface area contributed by atoms with Crippen LogP contribution in [0.2, 0.25) is 37.8 Å². The molecule has 0 N–H and O–H groups in total. The maximum Gasteiger partial charge on any atom is 0.151 e. The Morgan fingerprint density at radius 1 is 1.06 bits per heavy atom. The number of allylic oxidation sites excluding steroid dienone is 1. The first kappa shape index (κ1) is 17.8. The maximum absolute atomic E-state index is 12.1. The first-order valence-electron chi connectivity index (χ1n) is 6.97. The maximum atomic E-state index is 12.1. The first-order valence-corrected chi connectivity index (χ1v) is 13.6. The molecule has 0 bridgehead atoms. The van der Waals surface area contributed by atoms with Gasteiger partial charge in [-0.1, -0.05) is 66.1 Å². The third-order valence-electron chi connectivity index (χ3n) is 4.68. The van der Waals surface area contributed by atoms with Gasteiger partial charge < -0.3 is 0 Å². The number of rotatable bonds is 5. The van der Waals surface area contributed by atoms with Crippen LogP contribution in [0.15, 0.2) is 10.9 Å². The van der Waals surface area contributed by atoms with Gasteiger partial charge in [0.25, 0.3) is 0 Å². The standard InChI is InChI=1S/C15H32OSi2/c1-12(2)15(4,5)18(9,10)14(13(3)16)11-17(6,7)8/h11-12H,1-10H3/b14-11+. The van der Waals surface area contributed by atoms with Crippen LogP contribution in [0.25, 0.3) is 0 Å². The van der Waals surface area contributed by atoms with Crippen LogP contribution in [0.1, 0.15) is 34.6 Å². The lowest BCUT2D eigenvalue weighted by atomic mass is 9.99. The third kappa shape index (κ3) is 3.92. The number of carbonyl (C=O) groups excluding carboxylic acids is 1. The van der Waals surface area contributed by atoms with Crippen LogP contribution in [-0.2, 0) is 4.79 Å². The average molecular weight is 285 g/mol. The van der Waals surface area contributed by atoms with E-state index in [1.807, 2.05) is 0 Å². The number of Topliss-reactive ketones (excluding diaryl/α,β-unsaturated/α-hetero) is 1. The van der Waals surface area contributed by atoms with Crippen molar-refractivity contribution in [1.82, 2.24) is 0 Å². The van der Waals surface area contributed by atoms with Gasteiger partial charge in [-0.25, -0.2) is 0 Å². The normalized spacial score (nSPS) is 15.2. The van der Waals surface area contributed by atoms with Gasteiger partial charge in [-0.3, -0.25) is 4.79 Å². The number of carbonyl (C=O) groups is 1. The van der Waals surface area contributed by atoms with Gasteiger partial charge in [0.2, 0.25) is 0 Å². The van der Waals surface area contributed by atoms with Crippen molar-refractivity contribution in [2.45, 2.75) is 72.4 Å². The van der Waals surface area contributed by atoms with E-state index in [4.69, 9.17) is 0 Å². The number of hydrogen-bond acceptors (Lipinski definition) is 1. The van der Waals surface area contributed by atoms with Crippen molar-refractivity contribution in [3.8, 4) is 0 Å². The summed E-state index contributed by atoms with van der Waals surface area (Å²) >= 11 is 0. The summed E-state index contributed by atoms with van der Waals surface area (Å²) < 4.78 is 0. The molecular formula is C15H32OSi2. The molecule has 0 saturated heterocycles. The SMILES string of the molecule is CC(=O)/C(=C\[Si](C)(C)C)[Si](C)(C)C(C)(C)C(C)C. The molecular weight excluding hydrogens is 252 g/mol. The number of ketones is 1. The van der Waals surface area contributed by atoms with E-state index >= 15 is 0 Å². The Hall–Kier alpha value is -0.156. The molecule has 0 unspecified atom stereocenters. The fraction of sp³-hybridized carbons (Fsp3) is 0.800. The van der Waals surface area contributed by atoms with Gasteiger partial charge in [0, 0.05) is 0 Å². The van der Waals surface area contributed by atoms with Crippen molar-refractivity contribution in [3.63, 3.8) is 0 Å². The summed E-state index contributed by atoms with van der Waals surface area (Å²) in [6.45, 7) is 22.6. The molecule has 0 radical (unpaired) electrons. The Kier molecular flexibility index (Phi) is 5.41. The molecule has 0 saturated carbocycles. The van der Waals surface area contributed by atoms with Gasteiger partial charge in [0.1, 0.15) is 0 Å². The topological polar surface area (TPSA) is 17.1 Å². The molecule has 106 valence electrons. The molecule has 0 atom stereocenters. The number of hydrogen-bond donors (Lipinski definition) is 0. The Labute approximate surface area is 116 Å². The van der Waals surface area contributed by atoms with Crippen LogP contribution in [0.5, 0.6) is 0 Å². The lowest BCUT2D eigenvalue weighted by Gasteiger charge is -2.45. The minimum absolute atomic E-state index is 0.240. The van der Waals surface area contributed by atoms with E-state index < -0.39 is 16.1 Å². The predicted molar refractivity (Wildman–Crippen MR) is 88.5 cm³/mol. The Bertz CT molecular complexity index is 344. The summed E-state index contributed by atoms with van der Waals surface area (Å²) in [4.78, 5) is 12.1. The van der Waals surface area contributed by atoms with Crippen molar-refractivity contribution in [3.05, 3.63) is 10.9 Å². The van der Waals surface area contributed by atoms with E-state index in [-0.39, 0.29) is 5.04 Å². The van der Waals surface area contributed by atoms with E-state index in [0.29, 0.717) is 11.7 Å². The van der Waals surface area contributed by atoms with Crippen LogP contribution in [0.3, 0.4) is 0 Å². The summed E-state index contributed by atoms with van der Waals surface area (Å²) in [6, 6.07) is 0. The highest BCUT2D eigenvalue weighted by molar-refractivity contribution is 6.93. The van der Waals surface area contributed by atoms with Crippen LogP contribution in [0.4, 0.5) is 0 Å². The molecule has 0 fully saturated rings. The smallest absolute Gasteiger partial charge is 0.151 e. The molecule has 0 aliphatic heterocycles. The first-order chi connectivity index (χ1) is 7.73. The van der Waals surface area contributed by atoms with Crippen molar-refractivity contribution in [2.75, 3.05) is 0 Å². The zero-order valence-electron chi connectivity index (χ0n) is 14.1. The Morgan fingerprint density at radius 2 is 1.44 bits per heavy atom. The van der Waals surface area contributed by atoms with Crippen LogP contribution in [0, 0.1) is 5.92 Å². The zero-order chi connectivity index (χ0) is 14.9. The highest BCUT2D eigenvalue weighted by Crippen LogP contribution is 2.47. The molecule has 0 aromatic carbocycles. The monoisotopic (exact) mass is 284 g/mol. The molecule has 0 aromatic rings. The minimum Gasteiger partial charge on any atom is -0.295 e. The fourth-order valence-corrected chi connectivity index (χ4v) is 9.05. The summed E-state index contributed by atoms with van der Waals surface area (Å²) in [5.41, 5.74) is 2.35. The molecule has 18 heavy (non-hydrogen) atoms. The quantitative estimate of drug-likeness (QED) is 0.509. The molecule has 0 amide bonds. The lowest BCUT2D eigenvalue weighted by Crippen LogP contribution is -2.47. The minimum atomic E-state index is -1.75. The summed E-state index contributed by atoms with van der Waals surface area (Å²) in [5.74, 6) is 0.895. The fourth-order valence-electron chi connectivity index (χ4n) is 2.22. The van der Waals surface area contributed by atoms with E-state index in [2.05, 4.69) is 66.1 Å². The molecule has 3 heteroatoms. The van der Waals surface area contributed by atoms with Gasteiger partial charge >= 0.3 is 0 Å². The van der Waals surface area contributed by atoms with Crippen molar-refractivity contribution < 1.29 is 4.79 Å². The van der Waals surface area contributed by atoms with E-state index in [0.717, 1.165) is 0 Å². The molecule has 1 nitrogen and oxygen atoms in total. The van der Waals surface area contributed by atoms with Crippen molar-refractivity contribution >= 4 is 21.9 Å². The molecule has 0 heterocycles. The summed E-state index contributed by atoms with van der Waals surface area (Å²) in [5, 5.41) is 1.41.